The zero-order valence-corrected chi connectivity index (χ0v) is 14.1. The van der Waals surface area contributed by atoms with Gasteiger partial charge in [0.1, 0.15) is 0 Å². The number of aromatic nitrogens is 2. The third kappa shape index (κ3) is 5.02. The SMILES string of the molecule is CCN[C@H](C)CNC(=O)c1cnn(-c2ccc(Cl)cc2)c1.Cl. The van der Waals surface area contributed by atoms with Crippen LogP contribution in [0.2, 0.25) is 5.02 Å². The summed E-state index contributed by atoms with van der Waals surface area (Å²) >= 11 is 5.85. The van der Waals surface area contributed by atoms with Gasteiger partial charge in [-0.2, -0.15) is 5.10 Å². The summed E-state index contributed by atoms with van der Waals surface area (Å²) in [6.45, 7) is 5.53. The van der Waals surface area contributed by atoms with Crippen LogP contribution in [-0.2, 0) is 0 Å². The molecule has 0 bridgehead atoms. The zero-order chi connectivity index (χ0) is 15.2. The van der Waals surface area contributed by atoms with Gasteiger partial charge in [-0.15, -0.1) is 12.4 Å². The van der Waals surface area contributed by atoms with Crippen molar-refractivity contribution in [3.05, 3.63) is 47.2 Å². The van der Waals surface area contributed by atoms with Crippen LogP contribution in [0.5, 0.6) is 0 Å². The van der Waals surface area contributed by atoms with Crippen molar-refractivity contribution in [2.45, 2.75) is 19.9 Å². The van der Waals surface area contributed by atoms with Crippen LogP contribution in [0.25, 0.3) is 5.69 Å². The van der Waals surface area contributed by atoms with Gasteiger partial charge in [0.15, 0.2) is 0 Å². The van der Waals surface area contributed by atoms with E-state index in [1.807, 2.05) is 26.0 Å². The lowest BCUT2D eigenvalue weighted by atomic mass is 10.3. The van der Waals surface area contributed by atoms with E-state index in [9.17, 15) is 4.79 Å². The first-order valence-electron chi connectivity index (χ1n) is 6.92. The predicted molar refractivity (Wildman–Crippen MR) is 91.3 cm³/mol. The fourth-order valence-corrected chi connectivity index (χ4v) is 2.07. The molecular weight excluding hydrogens is 323 g/mol. The van der Waals surface area contributed by atoms with Gasteiger partial charge in [-0.1, -0.05) is 18.5 Å². The van der Waals surface area contributed by atoms with Gasteiger partial charge < -0.3 is 10.6 Å². The number of benzene rings is 1. The summed E-state index contributed by atoms with van der Waals surface area (Å²) in [5.74, 6) is -0.125. The van der Waals surface area contributed by atoms with Gasteiger partial charge in [0.05, 0.1) is 17.4 Å². The van der Waals surface area contributed by atoms with Crippen molar-refractivity contribution in [3.8, 4) is 5.69 Å². The third-order valence-electron chi connectivity index (χ3n) is 3.06. The van der Waals surface area contributed by atoms with Crippen molar-refractivity contribution in [1.82, 2.24) is 20.4 Å². The van der Waals surface area contributed by atoms with E-state index in [2.05, 4.69) is 15.7 Å². The molecule has 1 heterocycles. The van der Waals surface area contributed by atoms with Crippen molar-refractivity contribution >= 4 is 29.9 Å². The lowest BCUT2D eigenvalue weighted by Gasteiger charge is -2.12. The molecule has 2 N–H and O–H groups in total. The molecule has 0 saturated heterocycles. The molecular formula is C15H20Cl2N4O. The number of likely N-dealkylation sites (N-methyl/N-ethyl adjacent to an activating group) is 1. The Kier molecular flexibility index (Phi) is 7.38. The molecule has 1 amide bonds. The largest absolute Gasteiger partial charge is 0.350 e. The molecule has 0 unspecified atom stereocenters. The molecule has 0 saturated carbocycles. The minimum absolute atomic E-state index is 0. The van der Waals surface area contributed by atoms with Gasteiger partial charge >= 0.3 is 0 Å². The van der Waals surface area contributed by atoms with Gasteiger partial charge in [-0.25, -0.2) is 4.68 Å². The Bertz CT molecular complexity index is 598. The Morgan fingerprint density at radius 3 is 2.68 bits per heavy atom. The Morgan fingerprint density at radius 1 is 1.36 bits per heavy atom. The fraction of sp³-hybridized carbons (Fsp3) is 0.333. The van der Waals surface area contributed by atoms with E-state index in [1.165, 1.54) is 0 Å². The van der Waals surface area contributed by atoms with Crippen LogP contribution in [-0.4, -0.2) is 34.8 Å². The molecule has 0 aliphatic heterocycles. The van der Waals surface area contributed by atoms with Crippen LogP contribution < -0.4 is 10.6 Å². The first-order chi connectivity index (χ1) is 10.1. The molecule has 5 nitrogen and oxygen atoms in total. The van der Waals surface area contributed by atoms with E-state index in [4.69, 9.17) is 11.6 Å². The smallest absolute Gasteiger partial charge is 0.254 e. The Hall–Kier alpha value is -1.56. The summed E-state index contributed by atoms with van der Waals surface area (Å²) in [5.41, 5.74) is 1.40. The molecule has 0 aliphatic rings. The number of hydrogen-bond acceptors (Lipinski definition) is 3. The van der Waals surface area contributed by atoms with Crippen molar-refractivity contribution in [2.24, 2.45) is 0 Å². The molecule has 0 spiro atoms. The lowest BCUT2D eigenvalue weighted by molar-refractivity contribution is 0.0950. The van der Waals surface area contributed by atoms with E-state index in [0.717, 1.165) is 12.2 Å². The normalized spacial score (nSPS) is 11.6. The molecule has 22 heavy (non-hydrogen) atoms. The molecule has 7 heteroatoms. The molecule has 0 radical (unpaired) electrons. The third-order valence-corrected chi connectivity index (χ3v) is 3.31. The second-order valence-electron chi connectivity index (χ2n) is 4.82. The van der Waals surface area contributed by atoms with Gasteiger partial charge in [0.25, 0.3) is 5.91 Å². The maximum absolute atomic E-state index is 12.0. The highest BCUT2D eigenvalue weighted by Gasteiger charge is 2.10. The first-order valence-corrected chi connectivity index (χ1v) is 7.30. The number of halogens is 2. The van der Waals surface area contributed by atoms with Crippen LogP contribution in [0.3, 0.4) is 0 Å². The molecule has 2 rings (SSSR count). The number of carbonyl (C=O) groups excluding carboxylic acids is 1. The molecule has 1 aromatic heterocycles. The van der Waals surface area contributed by atoms with Crippen molar-refractivity contribution in [1.29, 1.82) is 0 Å². The van der Waals surface area contributed by atoms with Crippen LogP contribution in [0.1, 0.15) is 24.2 Å². The number of amides is 1. The van der Waals surface area contributed by atoms with Crippen LogP contribution >= 0.6 is 24.0 Å². The number of rotatable bonds is 6. The molecule has 1 aromatic carbocycles. The van der Waals surface area contributed by atoms with Crippen molar-refractivity contribution in [3.63, 3.8) is 0 Å². The van der Waals surface area contributed by atoms with E-state index < -0.39 is 0 Å². The molecule has 0 fully saturated rings. The minimum atomic E-state index is -0.125. The number of nitrogens with zero attached hydrogens (tertiary/aromatic N) is 2. The van der Waals surface area contributed by atoms with Gasteiger partial charge in [-0.05, 0) is 37.7 Å². The van der Waals surface area contributed by atoms with Crippen LogP contribution in [0, 0.1) is 0 Å². The summed E-state index contributed by atoms with van der Waals surface area (Å²) in [6, 6.07) is 7.52. The zero-order valence-electron chi connectivity index (χ0n) is 12.5. The number of nitrogens with one attached hydrogen (secondary N) is 2. The summed E-state index contributed by atoms with van der Waals surface area (Å²) in [5, 5.41) is 11.0. The van der Waals surface area contributed by atoms with Gasteiger partial charge in [0.2, 0.25) is 0 Å². The lowest BCUT2D eigenvalue weighted by Crippen LogP contribution is -2.38. The highest BCUT2D eigenvalue weighted by atomic mass is 35.5. The number of carbonyl (C=O) groups is 1. The Labute approximate surface area is 141 Å². The highest BCUT2D eigenvalue weighted by molar-refractivity contribution is 6.30. The van der Waals surface area contributed by atoms with Gasteiger partial charge in [0, 0.05) is 23.8 Å². The van der Waals surface area contributed by atoms with Gasteiger partial charge in [-0.3, -0.25) is 4.79 Å². The van der Waals surface area contributed by atoms with Crippen LogP contribution in [0.15, 0.2) is 36.7 Å². The van der Waals surface area contributed by atoms with E-state index >= 15 is 0 Å². The topological polar surface area (TPSA) is 58.9 Å². The molecule has 2 aromatic rings. The Morgan fingerprint density at radius 2 is 2.05 bits per heavy atom. The maximum atomic E-state index is 12.0. The average molecular weight is 343 g/mol. The minimum Gasteiger partial charge on any atom is -0.350 e. The van der Waals surface area contributed by atoms with Crippen molar-refractivity contribution < 1.29 is 4.79 Å². The summed E-state index contributed by atoms with van der Waals surface area (Å²) in [6.07, 6.45) is 3.26. The molecule has 1 atom stereocenters. The standard InChI is InChI=1S/C15H19ClN4O.ClH/c1-3-17-11(2)8-18-15(21)12-9-19-20(10-12)14-6-4-13(16)5-7-14;/h4-7,9-11,17H,3,8H2,1-2H3,(H,18,21);1H/t11-;/m1./s1. The van der Waals surface area contributed by atoms with Crippen molar-refractivity contribution in [2.75, 3.05) is 13.1 Å². The molecule has 0 aliphatic carbocycles. The maximum Gasteiger partial charge on any atom is 0.254 e. The monoisotopic (exact) mass is 342 g/mol. The Balaban J connectivity index is 0.00000242. The summed E-state index contributed by atoms with van der Waals surface area (Å²) in [4.78, 5) is 12.0. The predicted octanol–water partition coefficient (Wildman–Crippen LogP) is 2.68. The quantitative estimate of drug-likeness (QED) is 0.848. The summed E-state index contributed by atoms with van der Waals surface area (Å²) < 4.78 is 1.65. The number of hydrogen-bond donors (Lipinski definition) is 2. The van der Waals surface area contributed by atoms with E-state index in [1.54, 1.807) is 29.2 Å². The first kappa shape index (κ1) is 18.5. The summed E-state index contributed by atoms with van der Waals surface area (Å²) in [7, 11) is 0. The second-order valence-corrected chi connectivity index (χ2v) is 5.26. The fourth-order valence-electron chi connectivity index (χ4n) is 1.94. The van der Waals surface area contributed by atoms with Crippen LogP contribution in [0.4, 0.5) is 0 Å². The average Bonchev–Trinajstić information content (AvgIpc) is 2.96. The van der Waals surface area contributed by atoms with E-state index in [-0.39, 0.29) is 24.4 Å². The second kappa shape index (κ2) is 8.78. The highest BCUT2D eigenvalue weighted by Crippen LogP contribution is 2.13. The molecule has 120 valence electrons. The van der Waals surface area contributed by atoms with E-state index in [0.29, 0.717) is 17.1 Å².